The normalized spacial score (nSPS) is 10.5. The van der Waals surface area contributed by atoms with Gasteiger partial charge in [0.1, 0.15) is 0 Å². The van der Waals surface area contributed by atoms with Crippen LogP contribution < -0.4 is 24.0 Å². The monoisotopic (exact) mass is 170 g/mol. The third kappa shape index (κ3) is 3.58. The van der Waals surface area contributed by atoms with Gasteiger partial charge in [0.25, 0.3) is 0 Å². The summed E-state index contributed by atoms with van der Waals surface area (Å²) in [4.78, 5) is 0. The fourth-order valence-electron chi connectivity index (χ4n) is 0.935. The van der Waals surface area contributed by atoms with Crippen molar-refractivity contribution in [2.45, 2.75) is 6.92 Å². The zero-order valence-corrected chi connectivity index (χ0v) is 8.20. The molecule has 0 amide bonds. The molecule has 0 saturated heterocycles. The third-order valence-electron chi connectivity index (χ3n) is 1.66. The minimum atomic E-state index is -0.315. The predicted molar refractivity (Wildman–Crippen MR) is 46.2 cm³/mol. The van der Waals surface area contributed by atoms with Crippen LogP contribution in [0.3, 0.4) is 0 Å². The van der Waals surface area contributed by atoms with Crippen molar-refractivity contribution in [3.8, 4) is 0 Å². The molecule has 13 heavy (non-hydrogen) atoms. The Kier molecular flexibility index (Phi) is 5.37. The van der Waals surface area contributed by atoms with Gasteiger partial charge in [-0.05, 0) is 31.2 Å². The molecule has 0 aliphatic rings. The molecule has 0 unspecified atom stereocenters. The summed E-state index contributed by atoms with van der Waals surface area (Å²) in [7, 11) is 1.37. The molecule has 0 N–H and O–H groups in total. The summed E-state index contributed by atoms with van der Waals surface area (Å²) in [6.45, 7) is 1.95. The van der Waals surface area contributed by atoms with Crippen molar-refractivity contribution in [3.63, 3.8) is 0 Å². The maximum atomic E-state index is 10.9. The average Bonchev–Trinajstić information content (AvgIpc) is 2.09. The summed E-state index contributed by atoms with van der Waals surface area (Å²) in [6.07, 6.45) is 1.48. The Morgan fingerprint density at radius 3 is 2.54 bits per heavy atom. The van der Waals surface area contributed by atoms with Gasteiger partial charge in [-0.15, -0.1) is 0 Å². The van der Waals surface area contributed by atoms with Crippen molar-refractivity contribution in [2.75, 3.05) is 7.11 Å². The molecule has 1 aromatic rings. The van der Waals surface area contributed by atoms with E-state index in [0.29, 0.717) is 0 Å². The number of benzene rings is 1. The second kappa shape index (κ2) is 5.74. The minimum Gasteiger partial charge on any atom is -0.617 e. The fraction of sp³-hybridized carbons (Fsp3) is 0.200. The molecule has 0 radical (unpaired) electrons. The van der Waals surface area contributed by atoms with Crippen LogP contribution in [0, 0.1) is 6.92 Å². The van der Waals surface area contributed by atoms with Gasteiger partial charge in [-0.2, -0.15) is 0 Å². The van der Waals surface area contributed by atoms with Gasteiger partial charge >= 0.3 is 18.9 Å². The van der Waals surface area contributed by atoms with E-state index in [0.717, 1.165) is 11.1 Å². The van der Waals surface area contributed by atoms with Crippen LogP contribution in [0.1, 0.15) is 11.1 Å². The van der Waals surface area contributed by atoms with Gasteiger partial charge in [0.2, 0.25) is 0 Å². The van der Waals surface area contributed by atoms with Gasteiger partial charge in [-0.3, -0.25) is 0 Å². The topological polar surface area (TPSA) is 32.3 Å². The molecule has 0 saturated carbocycles. The van der Waals surface area contributed by atoms with E-state index in [2.05, 4.69) is 4.74 Å². The number of methoxy groups -OCH3 is 1. The van der Waals surface area contributed by atoms with E-state index in [9.17, 15) is 5.11 Å². The first kappa shape index (κ1) is 12.2. The van der Waals surface area contributed by atoms with Gasteiger partial charge in [0, 0.05) is 0 Å². The van der Waals surface area contributed by atoms with Gasteiger partial charge in [-0.1, -0.05) is 24.3 Å². The Morgan fingerprint density at radius 2 is 2.00 bits per heavy atom. The van der Waals surface area contributed by atoms with Crippen molar-refractivity contribution in [1.29, 1.82) is 0 Å². The molecule has 0 bridgehead atoms. The van der Waals surface area contributed by atoms with Crippen molar-refractivity contribution >= 4 is 6.08 Å². The van der Waals surface area contributed by atoms with E-state index in [1.54, 1.807) is 0 Å². The number of aryl methyl sites for hydroxylation is 1. The largest absolute Gasteiger partial charge is 1.00 e. The van der Waals surface area contributed by atoms with Crippen LogP contribution in [0.2, 0.25) is 0 Å². The quantitative estimate of drug-likeness (QED) is 0.391. The molecule has 0 heterocycles. The summed E-state index contributed by atoms with van der Waals surface area (Å²) >= 11 is 0. The summed E-state index contributed by atoms with van der Waals surface area (Å²) < 4.78 is 4.51. The molecule has 0 aliphatic carbocycles. The molecule has 64 valence electrons. The van der Waals surface area contributed by atoms with E-state index in [-0.39, 0.29) is 24.8 Å². The summed E-state index contributed by atoms with van der Waals surface area (Å²) in [5, 5.41) is 10.9. The second-order valence-corrected chi connectivity index (χ2v) is 2.52. The molecule has 2 nitrogen and oxygen atoms in total. The van der Waals surface area contributed by atoms with E-state index in [4.69, 9.17) is 0 Å². The van der Waals surface area contributed by atoms with Gasteiger partial charge in [0.15, 0.2) is 0 Å². The van der Waals surface area contributed by atoms with E-state index < -0.39 is 0 Å². The summed E-state index contributed by atoms with van der Waals surface area (Å²) in [6, 6.07) is 7.66. The molecular formula is C10H11LiO2. The van der Waals surface area contributed by atoms with Crippen molar-refractivity contribution in [3.05, 3.63) is 41.3 Å². The number of hydrogen-bond donors (Lipinski definition) is 0. The molecule has 3 heteroatoms. The van der Waals surface area contributed by atoms with Crippen LogP contribution in [-0.2, 0) is 4.74 Å². The molecule has 0 aromatic heterocycles. The van der Waals surface area contributed by atoms with Crippen LogP contribution in [0.15, 0.2) is 30.2 Å². The molecule has 0 spiro atoms. The Labute approximate surface area is 90.4 Å². The van der Waals surface area contributed by atoms with Crippen molar-refractivity contribution in [2.24, 2.45) is 0 Å². The van der Waals surface area contributed by atoms with Crippen LogP contribution >= 0.6 is 0 Å². The number of hydrogen-bond acceptors (Lipinski definition) is 2. The minimum absolute atomic E-state index is 0. The van der Waals surface area contributed by atoms with Gasteiger partial charge < -0.3 is 9.84 Å². The molecule has 0 atom stereocenters. The summed E-state index contributed by atoms with van der Waals surface area (Å²) in [5.74, 6) is -0.315. The fourth-order valence-corrected chi connectivity index (χ4v) is 0.935. The number of rotatable bonds is 2. The SMILES string of the molecule is CO/C([O-])=C/c1ccccc1C.[Li+]. The number of ether oxygens (including phenoxy) is 1. The smallest absolute Gasteiger partial charge is 0.617 e. The van der Waals surface area contributed by atoms with Gasteiger partial charge in [-0.25, -0.2) is 0 Å². The average molecular weight is 170 g/mol. The zero-order chi connectivity index (χ0) is 8.97. The second-order valence-electron chi connectivity index (χ2n) is 2.52. The molecular weight excluding hydrogens is 159 g/mol. The molecule has 0 fully saturated rings. The maximum absolute atomic E-state index is 10.9. The first-order valence-corrected chi connectivity index (χ1v) is 3.72. The van der Waals surface area contributed by atoms with Crippen LogP contribution in [0.5, 0.6) is 0 Å². The Morgan fingerprint density at radius 1 is 1.38 bits per heavy atom. The first-order valence-electron chi connectivity index (χ1n) is 3.72. The van der Waals surface area contributed by atoms with E-state index in [1.165, 1.54) is 13.2 Å². The van der Waals surface area contributed by atoms with Crippen LogP contribution in [0.25, 0.3) is 6.08 Å². The van der Waals surface area contributed by atoms with Crippen LogP contribution in [-0.4, -0.2) is 7.11 Å². The zero-order valence-electron chi connectivity index (χ0n) is 8.20. The van der Waals surface area contributed by atoms with Gasteiger partial charge in [0.05, 0.1) is 5.95 Å². The van der Waals surface area contributed by atoms with E-state index >= 15 is 0 Å². The molecule has 1 rings (SSSR count). The Bertz CT molecular complexity index is 295. The van der Waals surface area contributed by atoms with Crippen molar-refractivity contribution in [1.82, 2.24) is 0 Å². The molecule has 0 aliphatic heterocycles. The standard InChI is InChI=1S/C10H12O2.Li/c1-8-5-3-4-6-9(8)7-10(11)12-2;/h3-7,11H,1-2H3;/q;+1/p-1/b10-7+;. The molecule has 1 aromatic carbocycles. The Balaban J connectivity index is 0.00000144. The maximum Gasteiger partial charge on any atom is 1.00 e. The summed E-state index contributed by atoms with van der Waals surface area (Å²) in [5.41, 5.74) is 1.98. The third-order valence-corrected chi connectivity index (χ3v) is 1.66. The first-order chi connectivity index (χ1) is 5.74. The predicted octanol–water partition coefficient (Wildman–Crippen LogP) is -1.70. The van der Waals surface area contributed by atoms with Crippen LogP contribution in [0.4, 0.5) is 0 Å². The van der Waals surface area contributed by atoms with Crippen molar-refractivity contribution < 1.29 is 28.7 Å². The van der Waals surface area contributed by atoms with E-state index in [1.807, 2.05) is 31.2 Å². The Hall–Kier alpha value is -0.843.